The second-order valence-corrected chi connectivity index (χ2v) is 8.99. The summed E-state index contributed by atoms with van der Waals surface area (Å²) in [5.41, 5.74) is 1.75. The van der Waals surface area contributed by atoms with E-state index in [2.05, 4.69) is 16.5 Å². The molecule has 26 heavy (non-hydrogen) atoms. The SMILES string of the molecule is C=CC1CN2CCC1CC2[C@H](OS(C)(=O)=O)c1ccnc2ccccc12. The highest BCUT2D eigenvalue weighted by atomic mass is 32.2. The highest BCUT2D eigenvalue weighted by molar-refractivity contribution is 7.86. The van der Waals surface area contributed by atoms with Crippen LogP contribution in [0.3, 0.4) is 0 Å². The molecule has 3 fully saturated rings. The van der Waals surface area contributed by atoms with Crippen LogP contribution in [-0.4, -0.2) is 43.7 Å². The zero-order valence-corrected chi connectivity index (χ0v) is 15.7. The van der Waals surface area contributed by atoms with Gasteiger partial charge in [0.15, 0.2) is 0 Å². The zero-order valence-electron chi connectivity index (χ0n) is 14.9. The second-order valence-electron chi connectivity index (χ2n) is 7.38. The van der Waals surface area contributed by atoms with Gasteiger partial charge >= 0.3 is 0 Å². The van der Waals surface area contributed by atoms with Gasteiger partial charge in [-0.25, -0.2) is 0 Å². The largest absolute Gasteiger partial charge is 0.297 e. The van der Waals surface area contributed by atoms with E-state index >= 15 is 0 Å². The van der Waals surface area contributed by atoms with Gasteiger partial charge < -0.3 is 0 Å². The van der Waals surface area contributed by atoms with E-state index in [1.165, 1.54) is 0 Å². The molecule has 5 nitrogen and oxygen atoms in total. The highest BCUT2D eigenvalue weighted by Gasteiger charge is 2.44. The molecule has 5 rings (SSSR count). The van der Waals surface area contributed by atoms with Crippen molar-refractivity contribution < 1.29 is 12.6 Å². The molecule has 0 aliphatic carbocycles. The van der Waals surface area contributed by atoms with E-state index in [0.29, 0.717) is 11.8 Å². The summed E-state index contributed by atoms with van der Waals surface area (Å²) in [5, 5.41) is 0.951. The normalized spacial score (nSPS) is 29.6. The molecule has 4 unspecified atom stereocenters. The summed E-state index contributed by atoms with van der Waals surface area (Å²) in [4.78, 5) is 6.78. The van der Waals surface area contributed by atoms with Crippen molar-refractivity contribution in [3.05, 3.63) is 54.7 Å². The van der Waals surface area contributed by atoms with Gasteiger partial charge in [-0.2, -0.15) is 8.42 Å². The van der Waals surface area contributed by atoms with E-state index in [0.717, 1.165) is 48.7 Å². The summed E-state index contributed by atoms with van der Waals surface area (Å²) in [6.45, 7) is 5.87. The number of hydrogen-bond donors (Lipinski definition) is 0. The number of nitrogens with zero attached hydrogens (tertiary/aromatic N) is 2. The van der Waals surface area contributed by atoms with Gasteiger partial charge in [0.2, 0.25) is 0 Å². The van der Waals surface area contributed by atoms with Crippen LogP contribution in [0.15, 0.2) is 49.2 Å². The molecular formula is C20H24N2O3S. The van der Waals surface area contributed by atoms with Gasteiger partial charge in [0.25, 0.3) is 10.1 Å². The molecule has 0 saturated carbocycles. The molecular weight excluding hydrogens is 348 g/mol. The molecule has 1 aromatic heterocycles. The van der Waals surface area contributed by atoms with E-state index < -0.39 is 16.2 Å². The van der Waals surface area contributed by atoms with E-state index in [-0.39, 0.29) is 6.04 Å². The molecule has 0 spiro atoms. The average Bonchev–Trinajstić information content (AvgIpc) is 2.65. The van der Waals surface area contributed by atoms with Crippen molar-refractivity contribution in [1.82, 2.24) is 9.88 Å². The van der Waals surface area contributed by atoms with Gasteiger partial charge in [-0.05, 0) is 48.9 Å². The summed E-state index contributed by atoms with van der Waals surface area (Å²) in [5.74, 6) is 1.02. The summed E-state index contributed by atoms with van der Waals surface area (Å²) in [7, 11) is -3.59. The highest BCUT2D eigenvalue weighted by Crippen LogP contribution is 2.43. The standard InChI is InChI=1S/C20H24N2O3S/c1-3-14-13-22-11-9-15(14)12-19(22)20(25-26(2,23)24)17-8-10-21-18-7-5-4-6-16(17)18/h3-8,10,14-15,19-20H,1,9,11-13H2,2H3/t14?,15?,19?,20-/m1/s1. The summed E-state index contributed by atoms with van der Waals surface area (Å²) in [6.07, 6.45) is 6.45. The molecule has 6 heteroatoms. The van der Waals surface area contributed by atoms with Gasteiger partial charge in [-0.15, -0.1) is 6.58 Å². The van der Waals surface area contributed by atoms with Crippen molar-refractivity contribution in [3.63, 3.8) is 0 Å². The second kappa shape index (κ2) is 6.76. The Labute approximate surface area is 154 Å². The number of para-hydroxylation sites is 1. The Bertz CT molecular complexity index is 922. The fourth-order valence-corrected chi connectivity index (χ4v) is 5.18. The van der Waals surface area contributed by atoms with Crippen molar-refractivity contribution in [1.29, 1.82) is 0 Å². The number of rotatable bonds is 5. The van der Waals surface area contributed by atoms with Crippen LogP contribution in [0.4, 0.5) is 0 Å². The first-order valence-corrected chi connectivity index (χ1v) is 10.9. The molecule has 2 aromatic rings. The van der Waals surface area contributed by atoms with Crippen LogP contribution in [0, 0.1) is 11.8 Å². The molecule has 0 amide bonds. The molecule has 0 radical (unpaired) electrons. The van der Waals surface area contributed by atoms with Gasteiger partial charge in [-0.1, -0.05) is 24.3 Å². The number of fused-ring (bicyclic) bond motifs is 4. The molecule has 2 bridgehead atoms. The van der Waals surface area contributed by atoms with Crippen LogP contribution < -0.4 is 0 Å². The lowest BCUT2D eigenvalue weighted by Crippen LogP contribution is -2.55. The van der Waals surface area contributed by atoms with Gasteiger partial charge in [0.05, 0.1) is 11.8 Å². The Morgan fingerprint density at radius 2 is 2.15 bits per heavy atom. The molecule has 3 saturated heterocycles. The van der Waals surface area contributed by atoms with Crippen LogP contribution in [0.5, 0.6) is 0 Å². The van der Waals surface area contributed by atoms with Crippen molar-refractivity contribution in [2.45, 2.75) is 25.0 Å². The minimum Gasteiger partial charge on any atom is -0.297 e. The molecule has 3 aliphatic rings. The van der Waals surface area contributed by atoms with E-state index in [4.69, 9.17) is 4.18 Å². The van der Waals surface area contributed by atoms with E-state index in [1.807, 2.05) is 36.4 Å². The van der Waals surface area contributed by atoms with Gasteiger partial charge in [0.1, 0.15) is 6.10 Å². The molecule has 1 aromatic carbocycles. The topological polar surface area (TPSA) is 59.5 Å². The number of pyridine rings is 1. The molecule has 138 valence electrons. The number of hydrogen-bond acceptors (Lipinski definition) is 5. The maximum atomic E-state index is 12.0. The Balaban J connectivity index is 1.77. The average molecular weight is 372 g/mol. The van der Waals surface area contributed by atoms with Gasteiger partial charge in [0, 0.05) is 24.2 Å². The Morgan fingerprint density at radius 3 is 2.85 bits per heavy atom. The van der Waals surface area contributed by atoms with Crippen molar-refractivity contribution in [2.75, 3.05) is 19.3 Å². The van der Waals surface area contributed by atoms with Gasteiger partial charge in [-0.3, -0.25) is 14.1 Å². The number of benzene rings is 1. The molecule has 4 heterocycles. The summed E-state index contributed by atoms with van der Waals surface area (Å²) < 4.78 is 29.8. The third-order valence-corrected chi connectivity index (χ3v) is 6.33. The first-order valence-electron chi connectivity index (χ1n) is 9.05. The van der Waals surface area contributed by atoms with Crippen LogP contribution >= 0.6 is 0 Å². The number of aromatic nitrogens is 1. The van der Waals surface area contributed by atoms with Crippen molar-refractivity contribution in [2.24, 2.45) is 11.8 Å². The summed E-state index contributed by atoms with van der Waals surface area (Å²) >= 11 is 0. The van der Waals surface area contributed by atoms with Crippen molar-refractivity contribution in [3.8, 4) is 0 Å². The van der Waals surface area contributed by atoms with Crippen LogP contribution in [0.2, 0.25) is 0 Å². The van der Waals surface area contributed by atoms with Crippen LogP contribution in [-0.2, 0) is 14.3 Å². The zero-order chi connectivity index (χ0) is 18.3. The lowest BCUT2D eigenvalue weighted by Gasteiger charge is -2.51. The Kier molecular flexibility index (Phi) is 4.59. The maximum absolute atomic E-state index is 12.0. The fourth-order valence-electron chi connectivity index (χ4n) is 4.57. The lowest BCUT2D eigenvalue weighted by atomic mass is 9.73. The first kappa shape index (κ1) is 17.6. The molecule has 5 atom stereocenters. The molecule has 3 aliphatic heterocycles. The predicted octanol–water partition coefficient (Wildman–Crippen LogP) is 3.15. The fraction of sp³-hybridized carbons (Fsp3) is 0.450. The van der Waals surface area contributed by atoms with Crippen LogP contribution in [0.1, 0.15) is 24.5 Å². The third-order valence-electron chi connectivity index (χ3n) is 5.77. The monoisotopic (exact) mass is 372 g/mol. The van der Waals surface area contributed by atoms with Crippen LogP contribution in [0.25, 0.3) is 10.9 Å². The smallest absolute Gasteiger partial charge is 0.265 e. The third kappa shape index (κ3) is 3.29. The number of piperidine rings is 3. The Hall–Kier alpha value is -1.76. The van der Waals surface area contributed by atoms with E-state index in [1.54, 1.807) is 6.20 Å². The quantitative estimate of drug-likeness (QED) is 0.596. The molecule has 0 N–H and O–H groups in total. The minimum absolute atomic E-state index is 0.0467. The lowest BCUT2D eigenvalue weighted by molar-refractivity contribution is -0.0336. The maximum Gasteiger partial charge on any atom is 0.265 e. The first-order chi connectivity index (χ1) is 12.5. The minimum atomic E-state index is -3.59. The Morgan fingerprint density at radius 1 is 1.35 bits per heavy atom. The predicted molar refractivity (Wildman–Crippen MR) is 102 cm³/mol. The summed E-state index contributed by atoms with van der Waals surface area (Å²) in [6, 6.07) is 9.76. The van der Waals surface area contributed by atoms with Crippen molar-refractivity contribution >= 4 is 21.0 Å². The van der Waals surface area contributed by atoms with E-state index in [9.17, 15) is 8.42 Å².